The highest BCUT2D eigenvalue weighted by molar-refractivity contribution is 7.80. The number of benzene rings is 4. The molecule has 0 aliphatic rings. The van der Waals surface area contributed by atoms with E-state index in [9.17, 15) is 9.90 Å². The molecule has 5 aromatic rings. The van der Waals surface area contributed by atoms with Crippen molar-refractivity contribution < 1.29 is 9.90 Å². The molecule has 5 nitrogen and oxygen atoms in total. The molecule has 0 unspecified atom stereocenters. The third kappa shape index (κ3) is 4.28. The van der Waals surface area contributed by atoms with Crippen molar-refractivity contribution in [1.29, 1.82) is 0 Å². The molecular formula is C26H19N3O2S2. The molecule has 5 rings (SSSR count). The topological polar surface area (TPSA) is 74.2 Å². The number of amides is 1. The lowest BCUT2D eigenvalue weighted by molar-refractivity contribution is 0.0978. The zero-order valence-corrected chi connectivity index (χ0v) is 19.3. The molecule has 0 aliphatic carbocycles. The zero-order valence-electron chi connectivity index (χ0n) is 17.6. The van der Waals surface area contributed by atoms with E-state index in [0.29, 0.717) is 27.4 Å². The average molecular weight is 470 g/mol. The highest BCUT2D eigenvalue weighted by atomic mass is 32.1. The summed E-state index contributed by atoms with van der Waals surface area (Å²) in [6, 6.07) is 24.8. The van der Waals surface area contributed by atoms with Gasteiger partial charge in [-0.3, -0.25) is 10.1 Å². The molecule has 3 N–H and O–H groups in total. The van der Waals surface area contributed by atoms with E-state index < -0.39 is 0 Å². The van der Waals surface area contributed by atoms with Gasteiger partial charge in [-0.1, -0.05) is 42.5 Å². The summed E-state index contributed by atoms with van der Waals surface area (Å²) in [4.78, 5) is 17.4. The highest BCUT2D eigenvalue weighted by Gasteiger charge is 2.15. The number of carbonyl (C=O) groups is 1. The Kier molecular flexibility index (Phi) is 5.50. The number of nitrogens with zero attached hydrogens (tertiary/aromatic N) is 1. The number of rotatable bonds is 3. The third-order valence-corrected chi connectivity index (χ3v) is 6.60. The van der Waals surface area contributed by atoms with E-state index in [1.165, 1.54) is 11.3 Å². The Labute approximate surface area is 199 Å². The van der Waals surface area contributed by atoms with E-state index >= 15 is 0 Å². The Hall–Kier alpha value is -3.81. The van der Waals surface area contributed by atoms with Crippen molar-refractivity contribution in [2.24, 2.45) is 0 Å². The van der Waals surface area contributed by atoms with Crippen LogP contribution < -0.4 is 10.6 Å². The number of aryl methyl sites for hydroxylation is 1. The monoisotopic (exact) mass is 469 g/mol. The van der Waals surface area contributed by atoms with Crippen LogP contribution in [0.5, 0.6) is 5.75 Å². The number of aromatic hydroxyl groups is 1. The molecule has 1 amide bonds. The Morgan fingerprint density at radius 3 is 2.55 bits per heavy atom. The predicted molar refractivity (Wildman–Crippen MR) is 139 cm³/mol. The molecule has 162 valence electrons. The SMILES string of the molecule is Cc1cc(NC(=S)NC(=O)c2ccc3ccccc3c2)cc(-c2nc3ccccc3s2)c1O. The van der Waals surface area contributed by atoms with Crippen molar-refractivity contribution in [2.45, 2.75) is 6.92 Å². The number of aromatic nitrogens is 1. The van der Waals surface area contributed by atoms with E-state index in [1.54, 1.807) is 18.2 Å². The molecule has 0 saturated carbocycles. The zero-order chi connectivity index (χ0) is 22.9. The number of anilines is 1. The van der Waals surface area contributed by atoms with E-state index in [4.69, 9.17) is 12.2 Å². The first-order valence-electron chi connectivity index (χ1n) is 10.3. The minimum absolute atomic E-state index is 0.172. The van der Waals surface area contributed by atoms with E-state index in [0.717, 1.165) is 21.0 Å². The quantitative estimate of drug-likeness (QED) is 0.215. The normalized spacial score (nSPS) is 10.9. The maximum absolute atomic E-state index is 12.7. The van der Waals surface area contributed by atoms with Gasteiger partial charge in [-0.25, -0.2) is 4.98 Å². The number of para-hydroxylation sites is 1. The maximum atomic E-state index is 12.7. The van der Waals surface area contributed by atoms with Gasteiger partial charge >= 0.3 is 0 Å². The largest absolute Gasteiger partial charge is 0.507 e. The van der Waals surface area contributed by atoms with Crippen molar-refractivity contribution in [1.82, 2.24) is 10.3 Å². The van der Waals surface area contributed by atoms with Gasteiger partial charge in [0.25, 0.3) is 5.91 Å². The fourth-order valence-corrected chi connectivity index (χ4v) is 4.86. The van der Waals surface area contributed by atoms with Gasteiger partial charge in [0.15, 0.2) is 5.11 Å². The second-order valence-electron chi connectivity index (χ2n) is 7.65. The fourth-order valence-electron chi connectivity index (χ4n) is 3.67. The van der Waals surface area contributed by atoms with Crippen LogP contribution in [0.4, 0.5) is 5.69 Å². The van der Waals surface area contributed by atoms with Gasteiger partial charge in [-0.05, 0) is 71.9 Å². The molecule has 1 aromatic heterocycles. The minimum Gasteiger partial charge on any atom is -0.507 e. The van der Waals surface area contributed by atoms with Gasteiger partial charge in [0.1, 0.15) is 10.8 Å². The maximum Gasteiger partial charge on any atom is 0.257 e. The van der Waals surface area contributed by atoms with Crippen molar-refractivity contribution in [2.75, 3.05) is 5.32 Å². The van der Waals surface area contributed by atoms with E-state index in [2.05, 4.69) is 15.6 Å². The van der Waals surface area contributed by atoms with Gasteiger partial charge in [0, 0.05) is 11.3 Å². The Morgan fingerprint density at radius 2 is 1.73 bits per heavy atom. The predicted octanol–water partition coefficient (Wildman–Crippen LogP) is 6.26. The van der Waals surface area contributed by atoms with Crippen LogP contribution in [0.2, 0.25) is 0 Å². The first kappa shape index (κ1) is 21.1. The first-order chi connectivity index (χ1) is 16.0. The number of nitrogens with one attached hydrogen (secondary N) is 2. The molecule has 7 heteroatoms. The van der Waals surface area contributed by atoms with Crippen LogP contribution in [0, 0.1) is 6.92 Å². The van der Waals surface area contributed by atoms with Gasteiger partial charge in [-0.2, -0.15) is 0 Å². The minimum atomic E-state index is -0.292. The summed E-state index contributed by atoms with van der Waals surface area (Å²) in [7, 11) is 0. The molecule has 33 heavy (non-hydrogen) atoms. The van der Waals surface area contributed by atoms with Gasteiger partial charge in [0.2, 0.25) is 0 Å². The second kappa shape index (κ2) is 8.61. The summed E-state index contributed by atoms with van der Waals surface area (Å²) in [6.07, 6.45) is 0. The molecule has 0 bridgehead atoms. The summed E-state index contributed by atoms with van der Waals surface area (Å²) in [5.41, 5.74) is 3.35. The van der Waals surface area contributed by atoms with Crippen molar-refractivity contribution in [3.8, 4) is 16.3 Å². The van der Waals surface area contributed by atoms with Gasteiger partial charge < -0.3 is 10.4 Å². The average Bonchev–Trinajstić information content (AvgIpc) is 3.25. The summed E-state index contributed by atoms with van der Waals surface area (Å²) >= 11 is 6.89. The lowest BCUT2D eigenvalue weighted by atomic mass is 10.1. The van der Waals surface area contributed by atoms with Crippen molar-refractivity contribution in [3.63, 3.8) is 0 Å². The number of phenolic OH excluding ortho intramolecular Hbond substituents is 1. The Balaban J connectivity index is 1.37. The standard InChI is InChI=1S/C26H19N3O2S2/c1-15-12-19(14-20(23(15)30)25-28-21-8-4-5-9-22(21)33-25)27-26(32)29-24(31)18-11-10-16-6-2-3-7-17(16)13-18/h2-14,30H,1H3,(H2,27,29,31,32). The smallest absolute Gasteiger partial charge is 0.257 e. The van der Waals surface area contributed by atoms with Crippen molar-refractivity contribution >= 4 is 61.3 Å². The molecule has 0 atom stereocenters. The van der Waals surface area contributed by atoms with Crippen LogP contribution >= 0.6 is 23.6 Å². The number of fused-ring (bicyclic) bond motifs is 2. The second-order valence-corrected chi connectivity index (χ2v) is 9.09. The molecule has 0 fully saturated rings. The molecular weight excluding hydrogens is 450 g/mol. The molecule has 0 saturated heterocycles. The van der Waals surface area contributed by atoms with Crippen LogP contribution in [0.3, 0.4) is 0 Å². The number of thiazole rings is 1. The first-order valence-corrected chi connectivity index (χ1v) is 11.5. The van der Waals surface area contributed by atoms with E-state index in [1.807, 2.05) is 67.6 Å². The number of carbonyl (C=O) groups excluding carboxylic acids is 1. The van der Waals surface area contributed by atoms with Gasteiger partial charge in [-0.15, -0.1) is 11.3 Å². The summed E-state index contributed by atoms with van der Waals surface area (Å²) < 4.78 is 1.04. The molecule has 0 radical (unpaired) electrons. The number of phenols is 1. The Morgan fingerprint density at radius 1 is 0.970 bits per heavy atom. The molecule has 1 heterocycles. The molecule has 0 spiro atoms. The summed E-state index contributed by atoms with van der Waals surface area (Å²) in [6.45, 7) is 1.81. The third-order valence-electron chi connectivity index (χ3n) is 5.32. The summed E-state index contributed by atoms with van der Waals surface area (Å²) in [5.74, 6) is -0.120. The summed E-state index contributed by atoms with van der Waals surface area (Å²) in [5, 5.41) is 19.4. The fraction of sp³-hybridized carbons (Fsp3) is 0.0385. The molecule has 0 aliphatic heterocycles. The van der Waals surface area contributed by atoms with Crippen LogP contribution in [0.15, 0.2) is 78.9 Å². The lowest BCUT2D eigenvalue weighted by Gasteiger charge is -2.13. The van der Waals surface area contributed by atoms with Gasteiger partial charge in [0.05, 0.1) is 15.8 Å². The Bertz CT molecular complexity index is 1510. The number of thiocarbonyl (C=S) groups is 1. The van der Waals surface area contributed by atoms with E-state index in [-0.39, 0.29) is 16.8 Å². The van der Waals surface area contributed by atoms with Crippen molar-refractivity contribution in [3.05, 3.63) is 90.0 Å². The highest BCUT2D eigenvalue weighted by Crippen LogP contribution is 2.38. The lowest BCUT2D eigenvalue weighted by Crippen LogP contribution is -2.34. The van der Waals surface area contributed by atoms with Crippen LogP contribution in [-0.2, 0) is 0 Å². The number of hydrogen-bond donors (Lipinski definition) is 3. The van der Waals surface area contributed by atoms with Crippen LogP contribution in [0.1, 0.15) is 15.9 Å². The van der Waals surface area contributed by atoms with Crippen LogP contribution in [0.25, 0.3) is 31.6 Å². The number of hydrogen-bond acceptors (Lipinski definition) is 5. The van der Waals surface area contributed by atoms with Crippen LogP contribution in [-0.4, -0.2) is 21.1 Å². The molecule has 4 aromatic carbocycles.